The molecule has 1 aliphatic heterocycles. The van der Waals surface area contributed by atoms with Gasteiger partial charge in [-0.3, -0.25) is 18.3 Å². The molecule has 1 saturated carbocycles. The summed E-state index contributed by atoms with van der Waals surface area (Å²) < 4.78 is 38.7. The second-order valence-electron chi connectivity index (χ2n) is 7.92. The molecular weight excluding hydrogens is 443 g/mol. The molecule has 0 bridgehead atoms. The number of benzene rings is 1. The van der Waals surface area contributed by atoms with Crippen molar-refractivity contribution in [1.82, 2.24) is 13.7 Å². The van der Waals surface area contributed by atoms with Crippen LogP contribution < -0.4 is 11.1 Å². The molecule has 0 unspecified atom stereocenters. The fourth-order valence-electron chi connectivity index (χ4n) is 4.25. The number of aromatic nitrogens is 2. The zero-order valence-electron chi connectivity index (χ0n) is 16.7. The second kappa shape index (κ2) is 6.42. The van der Waals surface area contributed by atoms with E-state index in [1.54, 1.807) is 23.7 Å². The number of nitrogens with one attached hydrogen (secondary N) is 1. The third-order valence-electron chi connectivity index (χ3n) is 6.23. The number of thiazole rings is 1. The monoisotopic (exact) mass is 464 g/mol. The highest BCUT2D eigenvalue weighted by Gasteiger charge is 2.70. The number of nitrogens with two attached hydrogens (primary N) is 1. The Hall–Kier alpha value is -2.67. The molecule has 0 radical (unpaired) electrons. The van der Waals surface area contributed by atoms with Crippen molar-refractivity contribution in [2.75, 3.05) is 12.4 Å². The van der Waals surface area contributed by atoms with Crippen LogP contribution in [0.5, 0.6) is 0 Å². The lowest BCUT2D eigenvalue weighted by Crippen LogP contribution is -2.55. The number of carbonyl (C=O) groups excluding carboxylic acids is 1. The Bertz CT molecular complexity index is 1220. The summed E-state index contributed by atoms with van der Waals surface area (Å²) in [5, 5.41) is 4.60. The highest BCUT2D eigenvalue weighted by atomic mass is 32.3. The van der Waals surface area contributed by atoms with E-state index in [1.807, 2.05) is 5.38 Å². The highest BCUT2D eigenvalue weighted by Crippen LogP contribution is 2.76. The van der Waals surface area contributed by atoms with E-state index in [0.29, 0.717) is 23.5 Å². The highest BCUT2D eigenvalue weighted by molar-refractivity contribution is 8.24. The van der Waals surface area contributed by atoms with Crippen LogP contribution in [0.4, 0.5) is 10.1 Å². The van der Waals surface area contributed by atoms with Gasteiger partial charge in [0.05, 0.1) is 0 Å². The van der Waals surface area contributed by atoms with Gasteiger partial charge in [-0.05, 0) is 38.0 Å². The van der Waals surface area contributed by atoms with E-state index in [9.17, 15) is 13.9 Å². The third kappa shape index (κ3) is 2.72. The summed E-state index contributed by atoms with van der Waals surface area (Å²) >= 11 is 1.41. The maximum atomic E-state index is 15.0. The van der Waals surface area contributed by atoms with Crippen LogP contribution in [0.3, 0.4) is 0 Å². The SMILES string of the molecule is CN1C(N)=N[C@](C)(c2cc(NC(=O)c3cn4ccsc4n3)ccc2F)C2(CC2)S1(O)O. The third-order valence-corrected chi connectivity index (χ3v) is 9.81. The molecule has 3 heterocycles. The molecule has 5 N–H and O–H groups in total. The van der Waals surface area contributed by atoms with Crippen molar-refractivity contribution in [3.8, 4) is 0 Å². The lowest BCUT2D eigenvalue weighted by Gasteiger charge is -2.56. The number of imidazole rings is 1. The van der Waals surface area contributed by atoms with E-state index in [2.05, 4.69) is 15.3 Å². The maximum Gasteiger partial charge on any atom is 0.275 e. The Morgan fingerprint density at radius 1 is 1.39 bits per heavy atom. The van der Waals surface area contributed by atoms with E-state index < -0.39 is 32.8 Å². The first kappa shape index (κ1) is 20.2. The van der Waals surface area contributed by atoms with Crippen LogP contribution in [0, 0.1) is 5.82 Å². The lowest BCUT2D eigenvalue weighted by atomic mass is 9.86. The molecule has 5 rings (SSSR count). The van der Waals surface area contributed by atoms with Gasteiger partial charge in [0.15, 0.2) is 4.96 Å². The number of rotatable bonds is 3. The number of amides is 1. The molecule has 1 aromatic carbocycles. The Labute approximate surface area is 182 Å². The normalized spacial score (nSPS) is 24.8. The van der Waals surface area contributed by atoms with Gasteiger partial charge in [0.1, 0.15) is 21.8 Å². The van der Waals surface area contributed by atoms with Gasteiger partial charge >= 0.3 is 0 Å². The number of anilines is 1. The van der Waals surface area contributed by atoms with Gasteiger partial charge in [-0.15, -0.1) is 22.1 Å². The molecule has 0 saturated heterocycles. The Balaban J connectivity index is 1.53. The summed E-state index contributed by atoms with van der Waals surface area (Å²) in [4.78, 5) is 22.1. The minimum absolute atomic E-state index is 0.0769. The average Bonchev–Trinajstić information content (AvgIpc) is 3.28. The largest absolute Gasteiger partial charge is 0.369 e. The fraction of sp³-hybridized carbons (Fsp3) is 0.316. The molecular formula is C19H21FN6O3S2. The van der Waals surface area contributed by atoms with Crippen molar-refractivity contribution >= 4 is 44.6 Å². The molecule has 12 heteroatoms. The number of nitrogens with zero attached hydrogens (tertiary/aromatic N) is 4. The Morgan fingerprint density at radius 3 is 2.81 bits per heavy atom. The molecule has 2 aliphatic rings. The van der Waals surface area contributed by atoms with E-state index in [1.165, 1.54) is 40.9 Å². The fourth-order valence-corrected chi connectivity index (χ4v) is 7.11. The van der Waals surface area contributed by atoms with Gasteiger partial charge in [0.2, 0.25) is 5.96 Å². The van der Waals surface area contributed by atoms with Crippen LogP contribution in [0.25, 0.3) is 4.96 Å². The molecule has 1 spiro atoms. The maximum absolute atomic E-state index is 15.0. The second-order valence-corrected chi connectivity index (χ2v) is 11.2. The Kier molecular flexibility index (Phi) is 4.19. The summed E-state index contributed by atoms with van der Waals surface area (Å²) in [5.41, 5.74) is 5.38. The lowest BCUT2D eigenvalue weighted by molar-refractivity contribution is 0.102. The topological polar surface area (TPSA) is 128 Å². The first-order chi connectivity index (χ1) is 14.6. The zero-order valence-corrected chi connectivity index (χ0v) is 18.4. The average molecular weight is 465 g/mol. The number of fused-ring (bicyclic) bond motifs is 1. The van der Waals surface area contributed by atoms with E-state index in [4.69, 9.17) is 5.73 Å². The molecule has 1 amide bonds. The van der Waals surface area contributed by atoms with Crippen LogP contribution in [0.2, 0.25) is 0 Å². The molecule has 1 aliphatic carbocycles. The number of guanidine groups is 1. The number of halogens is 1. The number of carbonyl (C=O) groups is 1. The van der Waals surface area contributed by atoms with Crippen molar-refractivity contribution in [2.45, 2.75) is 30.1 Å². The predicted octanol–water partition coefficient (Wildman–Crippen LogP) is 3.46. The zero-order chi connectivity index (χ0) is 22.2. The summed E-state index contributed by atoms with van der Waals surface area (Å²) in [7, 11) is -1.86. The van der Waals surface area contributed by atoms with E-state index in [-0.39, 0.29) is 17.2 Å². The summed E-state index contributed by atoms with van der Waals surface area (Å²) in [6.07, 6.45) is 4.35. The molecule has 31 heavy (non-hydrogen) atoms. The van der Waals surface area contributed by atoms with Gasteiger partial charge in [0, 0.05) is 36.1 Å². The Morgan fingerprint density at radius 2 is 2.13 bits per heavy atom. The van der Waals surface area contributed by atoms with Crippen molar-refractivity contribution in [3.05, 3.63) is 53.0 Å². The first-order valence-electron chi connectivity index (χ1n) is 9.50. The van der Waals surface area contributed by atoms with Gasteiger partial charge in [-0.2, -0.15) is 0 Å². The van der Waals surface area contributed by atoms with Crippen LogP contribution in [-0.2, 0) is 5.54 Å². The molecule has 164 valence electrons. The van der Waals surface area contributed by atoms with Crippen LogP contribution in [-0.4, -0.2) is 46.5 Å². The standard InChI is InChI=1S/C19H21FN6O3S2/c1-18(19(5-6-19)31(28,29)25(2)16(21)24-18)12-9-11(3-4-13(12)20)22-15(27)14-10-26-7-8-30-17(26)23-14/h3-4,7-10,28-29H,5-6H2,1-2H3,(H2,21,24)(H,22,27)/t18-/m1/s1. The van der Waals surface area contributed by atoms with Gasteiger partial charge in [-0.1, -0.05) is 0 Å². The van der Waals surface area contributed by atoms with Crippen LogP contribution in [0.15, 0.2) is 41.0 Å². The number of hydrogen-bond acceptors (Lipinski definition) is 8. The van der Waals surface area contributed by atoms with Gasteiger partial charge in [-0.25, -0.2) is 18.7 Å². The molecule has 9 nitrogen and oxygen atoms in total. The van der Waals surface area contributed by atoms with E-state index >= 15 is 4.39 Å². The quantitative estimate of drug-likeness (QED) is 0.470. The van der Waals surface area contributed by atoms with Crippen LogP contribution >= 0.6 is 22.1 Å². The summed E-state index contributed by atoms with van der Waals surface area (Å²) in [5.74, 6) is -1.08. The summed E-state index contributed by atoms with van der Waals surface area (Å²) in [6.45, 7) is 1.65. The van der Waals surface area contributed by atoms with Crippen molar-refractivity contribution < 1.29 is 18.3 Å². The smallest absolute Gasteiger partial charge is 0.275 e. The van der Waals surface area contributed by atoms with E-state index in [0.717, 1.165) is 0 Å². The molecule has 1 fully saturated rings. The van der Waals surface area contributed by atoms with Gasteiger partial charge in [0.25, 0.3) is 5.91 Å². The number of aliphatic imine (C=N–C) groups is 1. The van der Waals surface area contributed by atoms with Gasteiger partial charge < -0.3 is 11.1 Å². The van der Waals surface area contributed by atoms with Crippen LogP contribution in [0.1, 0.15) is 35.8 Å². The molecule has 2 aromatic heterocycles. The van der Waals surface area contributed by atoms with Crippen molar-refractivity contribution in [1.29, 1.82) is 0 Å². The number of hydrogen-bond donors (Lipinski definition) is 4. The van der Waals surface area contributed by atoms with Crippen molar-refractivity contribution in [2.24, 2.45) is 10.7 Å². The summed E-state index contributed by atoms with van der Waals surface area (Å²) in [6, 6.07) is 4.15. The minimum atomic E-state index is -3.33. The molecule has 3 aromatic rings. The van der Waals surface area contributed by atoms with Crippen molar-refractivity contribution in [3.63, 3.8) is 0 Å². The minimum Gasteiger partial charge on any atom is -0.369 e. The molecule has 1 atom stereocenters. The first-order valence-corrected chi connectivity index (χ1v) is 11.9. The predicted molar refractivity (Wildman–Crippen MR) is 119 cm³/mol.